The standard InChI is InChI=1S/C20H22N2O3/c1-13-4-5-18-17(11-13)22(20(24)12-25-18)7-6-19(23)21-16-9-14(2)8-15(3)10-16/h4-5,8-11H,6-7,12H2,1-3H3,(H,21,23). The lowest BCUT2D eigenvalue weighted by atomic mass is 10.1. The summed E-state index contributed by atoms with van der Waals surface area (Å²) in [7, 11) is 0. The molecule has 0 spiro atoms. The number of hydrogen-bond acceptors (Lipinski definition) is 3. The summed E-state index contributed by atoms with van der Waals surface area (Å²) >= 11 is 0. The molecule has 0 fully saturated rings. The van der Waals surface area contributed by atoms with Crippen molar-refractivity contribution < 1.29 is 14.3 Å². The van der Waals surface area contributed by atoms with Crippen LogP contribution in [0.2, 0.25) is 0 Å². The average molecular weight is 338 g/mol. The van der Waals surface area contributed by atoms with Crippen molar-refractivity contribution in [2.75, 3.05) is 23.4 Å². The summed E-state index contributed by atoms with van der Waals surface area (Å²) in [5, 5.41) is 2.91. The topological polar surface area (TPSA) is 58.6 Å². The van der Waals surface area contributed by atoms with E-state index in [1.807, 2.05) is 51.1 Å². The molecule has 2 amide bonds. The van der Waals surface area contributed by atoms with Crippen LogP contribution >= 0.6 is 0 Å². The van der Waals surface area contributed by atoms with Gasteiger partial charge in [-0.15, -0.1) is 0 Å². The monoisotopic (exact) mass is 338 g/mol. The fraction of sp³-hybridized carbons (Fsp3) is 0.300. The lowest BCUT2D eigenvalue weighted by Crippen LogP contribution is -2.40. The van der Waals surface area contributed by atoms with Crippen molar-refractivity contribution in [2.24, 2.45) is 0 Å². The van der Waals surface area contributed by atoms with Crippen LogP contribution in [-0.4, -0.2) is 25.0 Å². The van der Waals surface area contributed by atoms with Gasteiger partial charge >= 0.3 is 0 Å². The first kappa shape index (κ1) is 17.0. The largest absolute Gasteiger partial charge is 0.482 e. The van der Waals surface area contributed by atoms with Gasteiger partial charge in [-0.05, 0) is 61.7 Å². The second-order valence-corrected chi connectivity index (χ2v) is 6.48. The molecule has 0 aromatic heterocycles. The van der Waals surface area contributed by atoms with Gasteiger partial charge in [-0.3, -0.25) is 9.59 Å². The number of rotatable bonds is 4. The zero-order valence-corrected chi connectivity index (χ0v) is 14.8. The van der Waals surface area contributed by atoms with Crippen LogP contribution in [0.5, 0.6) is 5.75 Å². The lowest BCUT2D eigenvalue weighted by molar-refractivity contribution is -0.121. The van der Waals surface area contributed by atoms with Crippen LogP contribution in [0.3, 0.4) is 0 Å². The van der Waals surface area contributed by atoms with Crippen LogP contribution < -0.4 is 15.0 Å². The van der Waals surface area contributed by atoms with Crippen molar-refractivity contribution in [3.8, 4) is 5.75 Å². The molecule has 1 N–H and O–H groups in total. The molecule has 2 aromatic rings. The molecule has 2 aromatic carbocycles. The summed E-state index contributed by atoms with van der Waals surface area (Å²) in [5.41, 5.74) is 4.76. The zero-order chi connectivity index (χ0) is 18.0. The second-order valence-electron chi connectivity index (χ2n) is 6.48. The van der Waals surface area contributed by atoms with E-state index in [1.54, 1.807) is 4.90 Å². The molecule has 0 saturated heterocycles. The molecule has 0 bridgehead atoms. The maximum absolute atomic E-state index is 12.3. The molecule has 1 aliphatic heterocycles. The van der Waals surface area contributed by atoms with Gasteiger partial charge in [0.15, 0.2) is 6.61 Å². The van der Waals surface area contributed by atoms with Crippen molar-refractivity contribution >= 4 is 23.2 Å². The first-order valence-corrected chi connectivity index (χ1v) is 8.34. The van der Waals surface area contributed by atoms with Gasteiger partial charge in [-0.25, -0.2) is 0 Å². The van der Waals surface area contributed by atoms with E-state index in [4.69, 9.17) is 4.74 Å². The van der Waals surface area contributed by atoms with E-state index >= 15 is 0 Å². The first-order valence-electron chi connectivity index (χ1n) is 8.34. The summed E-state index contributed by atoms with van der Waals surface area (Å²) in [4.78, 5) is 26.1. The minimum Gasteiger partial charge on any atom is -0.482 e. The molecule has 5 heteroatoms. The van der Waals surface area contributed by atoms with Crippen molar-refractivity contribution in [1.82, 2.24) is 0 Å². The number of nitrogens with zero attached hydrogens (tertiary/aromatic N) is 1. The number of amides is 2. The Hall–Kier alpha value is -2.82. The van der Waals surface area contributed by atoms with Gasteiger partial charge in [0.1, 0.15) is 5.75 Å². The van der Waals surface area contributed by atoms with Gasteiger partial charge < -0.3 is 15.0 Å². The maximum Gasteiger partial charge on any atom is 0.265 e. The fourth-order valence-electron chi connectivity index (χ4n) is 3.04. The molecule has 0 aliphatic carbocycles. The number of aryl methyl sites for hydroxylation is 3. The number of ether oxygens (including phenoxy) is 1. The number of carbonyl (C=O) groups is 2. The molecular weight excluding hydrogens is 316 g/mol. The predicted octanol–water partition coefficient (Wildman–Crippen LogP) is 3.37. The molecular formula is C20H22N2O3. The number of carbonyl (C=O) groups excluding carboxylic acids is 2. The summed E-state index contributed by atoms with van der Waals surface area (Å²) in [6, 6.07) is 11.6. The van der Waals surface area contributed by atoms with Crippen LogP contribution in [0.1, 0.15) is 23.1 Å². The Morgan fingerprint density at radius 1 is 1.08 bits per heavy atom. The number of nitrogens with one attached hydrogen (secondary N) is 1. The van der Waals surface area contributed by atoms with Gasteiger partial charge in [0.25, 0.3) is 5.91 Å². The number of hydrogen-bond donors (Lipinski definition) is 1. The number of benzene rings is 2. The Balaban J connectivity index is 1.68. The molecule has 1 heterocycles. The normalized spacial score (nSPS) is 13.2. The molecule has 3 rings (SSSR count). The molecule has 130 valence electrons. The van der Waals surface area contributed by atoms with E-state index in [1.165, 1.54) is 0 Å². The zero-order valence-electron chi connectivity index (χ0n) is 14.8. The molecule has 5 nitrogen and oxygen atoms in total. The highest BCUT2D eigenvalue weighted by molar-refractivity contribution is 5.99. The van der Waals surface area contributed by atoms with E-state index in [9.17, 15) is 9.59 Å². The highest BCUT2D eigenvalue weighted by atomic mass is 16.5. The Bertz CT molecular complexity index is 809. The van der Waals surface area contributed by atoms with E-state index in [-0.39, 0.29) is 24.8 Å². The maximum atomic E-state index is 12.3. The van der Waals surface area contributed by atoms with Crippen LogP contribution in [0.15, 0.2) is 36.4 Å². The van der Waals surface area contributed by atoms with E-state index in [0.29, 0.717) is 12.3 Å². The van der Waals surface area contributed by atoms with Crippen molar-refractivity contribution in [2.45, 2.75) is 27.2 Å². The van der Waals surface area contributed by atoms with Gasteiger partial charge in [0.2, 0.25) is 5.91 Å². The van der Waals surface area contributed by atoms with Crippen LogP contribution in [-0.2, 0) is 9.59 Å². The Morgan fingerprint density at radius 3 is 2.52 bits per heavy atom. The van der Waals surface area contributed by atoms with Gasteiger partial charge in [0, 0.05) is 18.7 Å². The highest BCUT2D eigenvalue weighted by Crippen LogP contribution is 2.32. The van der Waals surface area contributed by atoms with Crippen LogP contribution in [0, 0.1) is 20.8 Å². The highest BCUT2D eigenvalue weighted by Gasteiger charge is 2.25. The molecule has 1 aliphatic rings. The van der Waals surface area contributed by atoms with Crippen molar-refractivity contribution in [3.63, 3.8) is 0 Å². The smallest absolute Gasteiger partial charge is 0.265 e. The van der Waals surface area contributed by atoms with Gasteiger partial charge in [-0.2, -0.15) is 0 Å². The minimum atomic E-state index is -0.127. The second kappa shape index (κ2) is 6.97. The molecule has 0 unspecified atom stereocenters. The van der Waals surface area contributed by atoms with Gasteiger partial charge in [0.05, 0.1) is 5.69 Å². The Labute approximate surface area is 147 Å². The van der Waals surface area contributed by atoms with Crippen molar-refractivity contribution in [1.29, 1.82) is 0 Å². The first-order chi connectivity index (χ1) is 11.9. The number of fused-ring (bicyclic) bond motifs is 1. The third-order valence-electron chi connectivity index (χ3n) is 4.13. The Morgan fingerprint density at radius 2 is 1.80 bits per heavy atom. The van der Waals surface area contributed by atoms with Crippen LogP contribution in [0.25, 0.3) is 0 Å². The van der Waals surface area contributed by atoms with Gasteiger partial charge in [-0.1, -0.05) is 12.1 Å². The summed E-state index contributed by atoms with van der Waals surface area (Å²) in [6.07, 6.45) is 0.228. The fourth-order valence-corrected chi connectivity index (χ4v) is 3.04. The lowest BCUT2D eigenvalue weighted by Gasteiger charge is -2.29. The molecule has 0 radical (unpaired) electrons. The van der Waals surface area contributed by atoms with E-state index in [2.05, 4.69) is 11.4 Å². The SMILES string of the molecule is Cc1cc(C)cc(NC(=O)CCN2C(=O)COc3ccc(C)cc32)c1. The number of anilines is 2. The summed E-state index contributed by atoms with van der Waals surface area (Å²) in [5.74, 6) is 0.440. The quantitative estimate of drug-likeness (QED) is 0.930. The molecule has 0 saturated carbocycles. The third kappa shape index (κ3) is 3.99. The van der Waals surface area contributed by atoms with Crippen molar-refractivity contribution in [3.05, 3.63) is 53.1 Å². The summed E-state index contributed by atoms with van der Waals surface area (Å²) < 4.78 is 5.46. The van der Waals surface area contributed by atoms with E-state index in [0.717, 1.165) is 28.1 Å². The molecule has 0 atom stereocenters. The minimum absolute atomic E-state index is 0.00869. The third-order valence-corrected chi connectivity index (χ3v) is 4.13. The summed E-state index contributed by atoms with van der Waals surface area (Å²) in [6.45, 7) is 6.29. The predicted molar refractivity (Wildman–Crippen MR) is 98.2 cm³/mol. The van der Waals surface area contributed by atoms with Crippen LogP contribution in [0.4, 0.5) is 11.4 Å². The average Bonchev–Trinajstić information content (AvgIpc) is 2.52. The Kier molecular flexibility index (Phi) is 4.74. The van der Waals surface area contributed by atoms with E-state index < -0.39 is 0 Å². The molecule has 25 heavy (non-hydrogen) atoms.